The maximum atomic E-state index is 2.59. The quantitative estimate of drug-likeness (QED) is 0.781. The van der Waals surface area contributed by atoms with Crippen molar-refractivity contribution in [1.29, 1.82) is 0 Å². The van der Waals surface area contributed by atoms with Crippen LogP contribution in [0.2, 0.25) is 0 Å². The highest BCUT2D eigenvalue weighted by molar-refractivity contribution is 5.85. The molecule has 0 bridgehead atoms. The van der Waals surface area contributed by atoms with Gasteiger partial charge in [0.1, 0.15) is 0 Å². The summed E-state index contributed by atoms with van der Waals surface area (Å²) >= 11 is 0. The fourth-order valence-corrected chi connectivity index (χ4v) is 2.79. The maximum Gasteiger partial charge on any atom is 0.0239 e. The average Bonchev–Trinajstić information content (AvgIpc) is 2.40. The van der Waals surface area contributed by atoms with Crippen LogP contribution in [0.5, 0.6) is 0 Å². The molecule has 1 aliphatic rings. The van der Waals surface area contributed by atoms with Crippen molar-refractivity contribution in [2.75, 3.05) is 13.1 Å². The molecule has 3 rings (SSSR count). The summed E-state index contributed by atoms with van der Waals surface area (Å²) < 4.78 is 0. The number of likely N-dealkylation sites (tertiary alicyclic amines) is 1. The summed E-state index contributed by atoms with van der Waals surface area (Å²) in [6.45, 7) is 3.65. The van der Waals surface area contributed by atoms with E-state index in [1.807, 2.05) is 0 Å². The van der Waals surface area contributed by atoms with Gasteiger partial charge in [0.25, 0.3) is 0 Å². The van der Waals surface area contributed by atoms with Crippen LogP contribution in [-0.2, 0) is 6.54 Å². The van der Waals surface area contributed by atoms with Crippen molar-refractivity contribution in [3.8, 4) is 0 Å². The van der Waals surface area contributed by atoms with E-state index in [1.54, 1.807) is 0 Å². The van der Waals surface area contributed by atoms with Gasteiger partial charge in [-0.2, -0.15) is 0 Å². The first-order chi connectivity index (χ1) is 8.43. The minimum atomic E-state index is 0. The van der Waals surface area contributed by atoms with Crippen molar-refractivity contribution in [1.82, 2.24) is 4.90 Å². The molecule has 1 fully saturated rings. The van der Waals surface area contributed by atoms with E-state index in [1.165, 1.54) is 48.7 Å². The normalized spacial score (nSPS) is 16.4. The third-order valence-corrected chi connectivity index (χ3v) is 3.72. The fourth-order valence-electron chi connectivity index (χ4n) is 2.79. The van der Waals surface area contributed by atoms with Crippen molar-refractivity contribution in [3.05, 3.63) is 48.0 Å². The molecule has 1 saturated heterocycles. The molecule has 0 aromatic heterocycles. The zero-order chi connectivity index (χ0) is 11.5. The summed E-state index contributed by atoms with van der Waals surface area (Å²) in [5.41, 5.74) is 1.48. The van der Waals surface area contributed by atoms with Gasteiger partial charge in [0.15, 0.2) is 0 Å². The Hall–Kier alpha value is -1.05. The van der Waals surface area contributed by atoms with E-state index in [2.05, 4.69) is 47.4 Å². The fraction of sp³-hybridized carbons (Fsp3) is 0.375. The molecule has 96 valence electrons. The van der Waals surface area contributed by atoms with E-state index in [0.29, 0.717) is 0 Å². The van der Waals surface area contributed by atoms with Gasteiger partial charge in [0, 0.05) is 6.54 Å². The minimum Gasteiger partial charge on any atom is -0.299 e. The second-order valence-corrected chi connectivity index (χ2v) is 4.98. The lowest BCUT2D eigenvalue weighted by Gasteiger charge is -2.26. The van der Waals surface area contributed by atoms with Gasteiger partial charge in [-0.05, 0) is 42.3 Å². The van der Waals surface area contributed by atoms with Gasteiger partial charge in [0.2, 0.25) is 0 Å². The van der Waals surface area contributed by atoms with E-state index in [0.717, 1.165) is 6.54 Å². The molecule has 2 aromatic carbocycles. The topological polar surface area (TPSA) is 3.24 Å². The van der Waals surface area contributed by atoms with Crippen LogP contribution in [0.15, 0.2) is 42.5 Å². The minimum absolute atomic E-state index is 0. The van der Waals surface area contributed by atoms with Gasteiger partial charge in [-0.3, -0.25) is 4.90 Å². The monoisotopic (exact) mass is 261 g/mol. The van der Waals surface area contributed by atoms with Crippen LogP contribution >= 0.6 is 12.4 Å². The Morgan fingerprint density at radius 2 is 1.56 bits per heavy atom. The molecule has 0 amide bonds. The molecule has 2 aromatic rings. The van der Waals surface area contributed by atoms with Crippen molar-refractivity contribution in [2.24, 2.45) is 0 Å². The highest BCUT2D eigenvalue weighted by atomic mass is 35.5. The standard InChI is InChI=1S/C16H19N.ClH/c1-4-11-17(12-5-1)13-15-9-6-8-14-7-2-3-10-16(14)15;/h2-3,6-10H,1,4-5,11-13H2;1H. The van der Waals surface area contributed by atoms with E-state index in [4.69, 9.17) is 0 Å². The van der Waals surface area contributed by atoms with Crippen LogP contribution in [0.3, 0.4) is 0 Å². The Bertz CT molecular complexity index is 498. The third-order valence-electron chi connectivity index (χ3n) is 3.72. The van der Waals surface area contributed by atoms with Gasteiger partial charge in [0.05, 0.1) is 0 Å². The summed E-state index contributed by atoms with van der Waals surface area (Å²) in [6.07, 6.45) is 4.14. The molecule has 0 spiro atoms. The number of benzene rings is 2. The van der Waals surface area contributed by atoms with Crippen LogP contribution in [0.1, 0.15) is 24.8 Å². The predicted molar refractivity (Wildman–Crippen MR) is 80.3 cm³/mol. The molecular formula is C16H20ClN. The van der Waals surface area contributed by atoms with E-state index >= 15 is 0 Å². The van der Waals surface area contributed by atoms with Crippen molar-refractivity contribution in [3.63, 3.8) is 0 Å². The summed E-state index contributed by atoms with van der Waals surface area (Å²) in [4.78, 5) is 2.59. The molecule has 1 nitrogen and oxygen atoms in total. The molecule has 1 heterocycles. The van der Waals surface area contributed by atoms with Gasteiger partial charge in [-0.25, -0.2) is 0 Å². The van der Waals surface area contributed by atoms with E-state index in [-0.39, 0.29) is 12.4 Å². The average molecular weight is 262 g/mol. The lowest BCUT2D eigenvalue weighted by Crippen LogP contribution is -2.29. The van der Waals surface area contributed by atoms with Crippen LogP contribution in [0, 0.1) is 0 Å². The number of hydrogen-bond acceptors (Lipinski definition) is 1. The Balaban J connectivity index is 0.00000120. The zero-order valence-corrected chi connectivity index (χ0v) is 11.5. The highest BCUT2D eigenvalue weighted by Gasteiger charge is 2.11. The SMILES string of the molecule is Cl.c1ccc2c(CN3CCCCC3)cccc2c1. The van der Waals surface area contributed by atoms with Gasteiger partial charge < -0.3 is 0 Å². The lowest BCUT2D eigenvalue weighted by molar-refractivity contribution is 0.221. The summed E-state index contributed by atoms with van der Waals surface area (Å²) in [6, 6.07) is 15.4. The number of halogens is 1. The maximum absolute atomic E-state index is 2.59. The molecule has 1 aliphatic heterocycles. The van der Waals surface area contributed by atoms with Crippen molar-refractivity contribution in [2.45, 2.75) is 25.8 Å². The zero-order valence-electron chi connectivity index (χ0n) is 10.6. The predicted octanol–water partition coefficient (Wildman–Crippen LogP) is 4.25. The molecule has 0 N–H and O–H groups in total. The molecule has 0 saturated carbocycles. The number of piperidine rings is 1. The van der Waals surface area contributed by atoms with Gasteiger partial charge in [-0.1, -0.05) is 48.9 Å². The van der Waals surface area contributed by atoms with Crippen LogP contribution in [0.25, 0.3) is 10.8 Å². The Kier molecular flexibility index (Phi) is 4.62. The number of hydrogen-bond donors (Lipinski definition) is 0. The third kappa shape index (κ3) is 2.85. The summed E-state index contributed by atoms with van der Waals surface area (Å²) in [7, 11) is 0. The van der Waals surface area contributed by atoms with Gasteiger partial charge in [-0.15, -0.1) is 12.4 Å². The van der Waals surface area contributed by atoms with Gasteiger partial charge >= 0.3 is 0 Å². The first kappa shape index (κ1) is 13.4. The Morgan fingerprint density at radius 3 is 2.39 bits per heavy atom. The molecule has 0 aliphatic carbocycles. The van der Waals surface area contributed by atoms with Crippen LogP contribution in [-0.4, -0.2) is 18.0 Å². The molecule has 2 heteroatoms. The van der Waals surface area contributed by atoms with Crippen LogP contribution in [0.4, 0.5) is 0 Å². The number of rotatable bonds is 2. The molecule has 0 atom stereocenters. The molecule has 0 unspecified atom stereocenters. The number of fused-ring (bicyclic) bond motifs is 1. The van der Waals surface area contributed by atoms with Crippen molar-refractivity contribution < 1.29 is 0 Å². The Morgan fingerprint density at radius 1 is 0.833 bits per heavy atom. The van der Waals surface area contributed by atoms with E-state index < -0.39 is 0 Å². The second-order valence-electron chi connectivity index (χ2n) is 4.98. The number of nitrogens with zero attached hydrogens (tertiary/aromatic N) is 1. The highest BCUT2D eigenvalue weighted by Crippen LogP contribution is 2.21. The summed E-state index contributed by atoms with van der Waals surface area (Å²) in [5, 5.41) is 2.78. The summed E-state index contributed by atoms with van der Waals surface area (Å²) in [5.74, 6) is 0. The largest absolute Gasteiger partial charge is 0.299 e. The van der Waals surface area contributed by atoms with E-state index in [9.17, 15) is 0 Å². The molecule has 18 heavy (non-hydrogen) atoms. The smallest absolute Gasteiger partial charge is 0.0239 e. The lowest BCUT2D eigenvalue weighted by atomic mass is 10.0. The Labute approximate surface area is 115 Å². The second kappa shape index (κ2) is 6.21. The molecular weight excluding hydrogens is 242 g/mol. The van der Waals surface area contributed by atoms with Crippen LogP contribution < -0.4 is 0 Å². The first-order valence-electron chi connectivity index (χ1n) is 6.62. The first-order valence-corrected chi connectivity index (χ1v) is 6.62. The van der Waals surface area contributed by atoms with Crippen molar-refractivity contribution >= 4 is 23.2 Å². The molecule has 0 radical (unpaired) electrons.